The molecule has 0 aliphatic carbocycles. The maximum absolute atomic E-state index is 12.5. The zero-order chi connectivity index (χ0) is 21.1. The van der Waals surface area contributed by atoms with Gasteiger partial charge < -0.3 is 19.3 Å². The van der Waals surface area contributed by atoms with Crippen LogP contribution < -0.4 is 4.90 Å². The van der Waals surface area contributed by atoms with Gasteiger partial charge in [0.2, 0.25) is 5.91 Å². The molecular formula is C20H29N3O5. The van der Waals surface area contributed by atoms with Gasteiger partial charge >= 0.3 is 12.1 Å². The summed E-state index contributed by atoms with van der Waals surface area (Å²) in [5, 5.41) is 0. The van der Waals surface area contributed by atoms with Crippen molar-refractivity contribution in [1.82, 2.24) is 9.88 Å². The van der Waals surface area contributed by atoms with Crippen LogP contribution in [0.25, 0.3) is 0 Å². The molecule has 1 aromatic heterocycles. The van der Waals surface area contributed by atoms with Gasteiger partial charge in [-0.1, -0.05) is 13.8 Å². The Morgan fingerprint density at radius 2 is 1.96 bits per heavy atom. The summed E-state index contributed by atoms with van der Waals surface area (Å²) in [5.74, 6) is -0.802. The number of hydrogen-bond donors (Lipinski definition) is 0. The van der Waals surface area contributed by atoms with Crippen molar-refractivity contribution in [3.05, 3.63) is 24.0 Å². The Balaban J connectivity index is 1.98. The zero-order valence-corrected chi connectivity index (χ0v) is 17.4. The molecular weight excluding hydrogens is 362 g/mol. The van der Waals surface area contributed by atoms with E-state index in [0.29, 0.717) is 18.7 Å². The highest BCUT2D eigenvalue weighted by Gasteiger charge is 2.32. The highest BCUT2D eigenvalue weighted by Crippen LogP contribution is 2.20. The second-order valence-electron chi connectivity index (χ2n) is 8.19. The fourth-order valence-electron chi connectivity index (χ4n) is 2.78. The SMILES string of the molecule is CC(C)C(=O)N(C)c1ccnc(C(=O)O[C@@H]2CCN(C(=O)OC(C)(C)C)C2)c1. The third-order valence-electron chi connectivity index (χ3n) is 4.23. The first-order valence-corrected chi connectivity index (χ1v) is 9.40. The molecule has 0 radical (unpaired) electrons. The number of carbonyl (C=O) groups is 3. The average Bonchev–Trinajstić information content (AvgIpc) is 3.07. The smallest absolute Gasteiger partial charge is 0.410 e. The second kappa shape index (κ2) is 8.58. The fraction of sp³-hybridized carbons (Fsp3) is 0.600. The number of likely N-dealkylation sites (tertiary alicyclic amines) is 1. The first kappa shape index (κ1) is 21.7. The van der Waals surface area contributed by atoms with Gasteiger partial charge in [-0.25, -0.2) is 14.6 Å². The van der Waals surface area contributed by atoms with E-state index in [1.54, 1.807) is 33.9 Å². The summed E-state index contributed by atoms with van der Waals surface area (Å²) in [7, 11) is 1.66. The van der Waals surface area contributed by atoms with Crippen LogP contribution in [0.3, 0.4) is 0 Å². The van der Waals surface area contributed by atoms with Crippen LogP contribution in [0.1, 0.15) is 51.5 Å². The van der Waals surface area contributed by atoms with Gasteiger partial charge in [0.25, 0.3) is 0 Å². The van der Waals surface area contributed by atoms with Gasteiger partial charge in [0.05, 0.1) is 6.54 Å². The average molecular weight is 391 g/mol. The van der Waals surface area contributed by atoms with Gasteiger partial charge in [-0.05, 0) is 32.9 Å². The van der Waals surface area contributed by atoms with E-state index in [-0.39, 0.29) is 24.1 Å². The van der Waals surface area contributed by atoms with Crippen LogP contribution >= 0.6 is 0 Å². The predicted octanol–water partition coefficient (Wildman–Crippen LogP) is 2.87. The first-order chi connectivity index (χ1) is 13.0. The monoisotopic (exact) mass is 391 g/mol. The molecule has 1 atom stereocenters. The molecule has 0 bridgehead atoms. The van der Waals surface area contributed by atoms with Crippen LogP contribution in [0.5, 0.6) is 0 Å². The van der Waals surface area contributed by atoms with Crippen LogP contribution in [0.2, 0.25) is 0 Å². The number of esters is 1. The Kier molecular flexibility index (Phi) is 6.64. The molecule has 0 spiro atoms. The minimum Gasteiger partial charge on any atom is -0.456 e. The quantitative estimate of drug-likeness (QED) is 0.733. The van der Waals surface area contributed by atoms with Crippen molar-refractivity contribution in [2.24, 2.45) is 5.92 Å². The van der Waals surface area contributed by atoms with Crippen molar-refractivity contribution in [1.29, 1.82) is 0 Å². The van der Waals surface area contributed by atoms with Crippen molar-refractivity contribution in [3.8, 4) is 0 Å². The number of amides is 2. The Hall–Kier alpha value is -2.64. The van der Waals surface area contributed by atoms with Gasteiger partial charge in [0, 0.05) is 37.8 Å². The number of aromatic nitrogens is 1. The van der Waals surface area contributed by atoms with Gasteiger partial charge in [-0.3, -0.25) is 4.79 Å². The van der Waals surface area contributed by atoms with E-state index in [2.05, 4.69) is 4.98 Å². The molecule has 8 heteroatoms. The summed E-state index contributed by atoms with van der Waals surface area (Å²) in [5.41, 5.74) is 0.120. The third kappa shape index (κ3) is 5.68. The lowest BCUT2D eigenvalue weighted by Gasteiger charge is -2.24. The van der Waals surface area contributed by atoms with E-state index in [9.17, 15) is 14.4 Å². The lowest BCUT2D eigenvalue weighted by molar-refractivity contribution is -0.121. The summed E-state index contributed by atoms with van der Waals surface area (Å²) in [6, 6.07) is 3.19. The molecule has 1 aliphatic heterocycles. The maximum Gasteiger partial charge on any atom is 0.410 e. The number of ether oxygens (including phenoxy) is 2. The number of nitrogens with zero attached hydrogens (tertiary/aromatic N) is 3. The molecule has 1 fully saturated rings. The number of hydrogen-bond acceptors (Lipinski definition) is 6. The Labute approximate surface area is 165 Å². The van der Waals surface area contributed by atoms with Gasteiger partial charge in [0.1, 0.15) is 17.4 Å². The fourth-order valence-corrected chi connectivity index (χ4v) is 2.78. The summed E-state index contributed by atoms with van der Waals surface area (Å²) in [6.07, 6.45) is 1.18. The van der Waals surface area contributed by atoms with E-state index in [0.717, 1.165) is 0 Å². The Bertz CT molecular complexity index is 742. The molecule has 154 valence electrons. The standard InChI is InChI=1S/C20H29N3O5/c1-13(2)17(24)22(6)14-7-9-21-16(11-14)18(25)27-15-8-10-23(12-15)19(26)28-20(3,4)5/h7,9,11,13,15H,8,10,12H2,1-6H3/t15-/m1/s1. The molecule has 1 aliphatic rings. The summed E-state index contributed by atoms with van der Waals surface area (Å²) < 4.78 is 10.8. The van der Waals surface area contributed by atoms with E-state index < -0.39 is 23.8 Å². The number of carbonyl (C=O) groups excluding carboxylic acids is 3. The van der Waals surface area contributed by atoms with Crippen LogP contribution in [-0.4, -0.2) is 59.7 Å². The molecule has 0 saturated carbocycles. The van der Waals surface area contributed by atoms with Crippen molar-refractivity contribution in [2.75, 3.05) is 25.0 Å². The maximum atomic E-state index is 12.5. The summed E-state index contributed by atoms with van der Waals surface area (Å²) in [4.78, 5) is 43.8. The highest BCUT2D eigenvalue weighted by atomic mass is 16.6. The summed E-state index contributed by atoms with van der Waals surface area (Å²) >= 11 is 0. The van der Waals surface area contributed by atoms with Gasteiger partial charge in [0.15, 0.2) is 0 Å². The van der Waals surface area contributed by atoms with Crippen LogP contribution in [0.4, 0.5) is 10.5 Å². The molecule has 28 heavy (non-hydrogen) atoms. The normalized spacial score (nSPS) is 16.8. The van der Waals surface area contributed by atoms with E-state index >= 15 is 0 Å². The molecule has 1 aromatic rings. The lowest BCUT2D eigenvalue weighted by atomic mass is 10.2. The molecule has 2 amide bonds. The highest BCUT2D eigenvalue weighted by molar-refractivity contribution is 5.95. The Morgan fingerprint density at radius 3 is 2.57 bits per heavy atom. The molecule has 0 N–H and O–H groups in total. The number of anilines is 1. The molecule has 0 aromatic carbocycles. The second-order valence-corrected chi connectivity index (χ2v) is 8.19. The van der Waals surface area contributed by atoms with Crippen LogP contribution in [-0.2, 0) is 14.3 Å². The predicted molar refractivity (Wildman–Crippen MR) is 104 cm³/mol. The molecule has 1 saturated heterocycles. The van der Waals surface area contributed by atoms with Crippen molar-refractivity contribution in [3.63, 3.8) is 0 Å². The minimum atomic E-state index is -0.580. The van der Waals surface area contributed by atoms with Crippen LogP contribution in [0.15, 0.2) is 18.3 Å². The topological polar surface area (TPSA) is 89.0 Å². The summed E-state index contributed by atoms with van der Waals surface area (Å²) in [6.45, 7) is 9.78. The van der Waals surface area contributed by atoms with E-state index in [1.165, 1.54) is 22.1 Å². The Morgan fingerprint density at radius 1 is 1.29 bits per heavy atom. The van der Waals surface area contributed by atoms with E-state index in [1.807, 2.05) is 13.8 Å². The van der Waals surface area contributed by atoms with Gasteiger partial charge in [-0.15, -0.1) is 0 Å². The largest absolute Gasteiger partial charge is 0.456 e. The van der Waals surface area contributed by atoms with Crippen LogP contribution in [0, 0.1) is 5.92 Å². The van der Waals surface area contributed by atoms with E-state index in [4.69, 9.17) is 9.47 Å². The van der Waals surface area contributed by atoms with Gasteiger partial charge in [-0.2, -0.15) is 0 Å². The minimum absolute atomic E-state index is 0.0608. The molecule has 0 unspecified atom stereocenters. The third-order valence-corrected chi connectivity index (χ3v) is 4.23. The first-order valence-electron chi connectivity index (χ1n) is 9.40. The number of pyridine rings is 1. The van der Waals surface area contributed by atoms with Crippen molar-refractivity contribution in [2.45, 2.75) is 52.7 Å². The van der Waals surface area contributed by atoms with Crippen molar-refractivity contribution >= 4 is 23.7 Å². The molecule has 2 heterocycles. The lowest BCUT2D eigenvalue weighted by Crippen LogP contribution is -2.36. The molecule has 8 nitrogen and oxygen atoms in total. The number of rotatable bonds is 4. The molecule has 2 rings (SSSR count). The van der Waals surface area contributed by atoms with Crippen molar-refractivity contribution < 1.29 is 23.9 Å². The zero-order valence-electron chi connectivity index (χ0n) is 17.4.